The number of para-hydroxylation sites is 2. The first-order valence-corrected chi connectivity index (χ1v) is 11.0. The third kappa shape index (κ3) is 4.91. The van der Waals surface area contributed by atoms with Crippen LogP contribution in [0.4, 0.5) is 17.1 Å². The average molecular weight is 462 g/mol. The number of rotatable bonds is 5. The third-order valence-corrected chi connectivity index (χ3v) is 6.04. The van der Waals surface area contributed by atoms with Crippen LogP contribution < -0.4 is 15.5 Å². The molecule has 0 bridgehead atoms. The Morgan fingerprint density at radius 1 is 0.909 bits per heavy atom. The standard InChI is InChI=1S/C26H24ClN3O3/c1-16-6-5-7-17(2)24(16)29-26(33)21-8-3-4-9-22(21)28-25(32)18-14-23(31)30(15-18)20-12-10-19(27)11-13-20/h3-13,18H,14-15H2,1-2H3,(H,28,32)(H,29,33). The van der Waals surface area contributed by atoms with Gasteiger partial charge in [0, 0.05) is 29.4 Å². The van der Waals surface area contributed by atoms with Crippen molar-refractivity contribution in [1.29, 1.82) is 0 Å². The fourth-order valence-electron chi connectivity index (χ4n) is 3.97. The maximum absolute atomic E-state index is 13.0. The van der Waals surface area contributed by atoms with Gasteiger partial charge >= 0.3 is 0 Å². The van der Waals surface area contributed by atoms with E-state index in [-0.39, 0.29) is 30.7 Å². The summed E-state index contributed by atoms with van der Waals surface area (Å²) in [6, 6.07) is 19.6. The predicted octanol–water partition coefficient (Wildman–Crippen LogP) is 5.20. The quantitative estimate of drug-likeness (QED) is 0.548. The average Bonchev–Trinajstić information content (AvgIpc) is 3.19. The van der Waals surface area contributed by atoms with E-state index in [1.54, 1.807) is 53.4 Å². The van der Waals surface area contributed by atoms with Gasteiger partial charge in [-0.1, -0.05) is 41.9 Å². The van der Waals surface area contributed by atoms with Crippen LogP contribution in [0.5, 0.6) is 0 Å². The van der Waals surface area contributed by atoms with Crippen LogP contribution in [0.25, 0.3) is 0 Å². The number of amides is 3. The van der Waals surface area contributed by atoms with Crippen molar-refractivity contribution in [3.8, 4) is 0 Å². The topological polar surface area (TPSA) is 78.5 Å². The van der Waals surface area contributed by atoms with Crippen molar-refractivity contribution in [3.63, 3.8) is 0 Å². The normalized spacial score (nSPS) is 15.4. The minimum Gasteiger partial charge on any atom is -0.325 e. The largest absolute Gasteiger partial charge is 0.325 e. The monoisotopic (exact) mass is 461 g/mol. The third-order valence-electron chi connectivity index (χ3n) is 5.78. The molecule has 6 nitrogen and oxygen atoms in total. The summed E-state index contributed by atoms with van der Waals surface area (Å²) in [7, 11) is 0. The summed E-state index contributed by atoms with van der Waals surface area (Å²) in [6.07, 6.45) is 0.102. The van der Waals surface area contributed by atoms with Crippen LogP contribution in [0.2, 0.25) is 5.02 Å². The fraction of sp³-hybridized carbons (Fsp3) is 0.192. The Labute approximate surface area is 197 Å². The first-order valence-electron chi connectivity index (χ1n) is 10.7. The molecule has 0 radical (unpaired) electrons. The summed E-state index contributed by atoms with van der Waals surface area (Å²) in [5, 5.41) is 6.38. The highest BCUT2D eigenvalue weighted by molar-refractivity contribution is 6.30. The highest BCUT2D eigenvalue weighted by Gasteiger charge is 2.35. The van der Waals surface area contributed by atoms with Gasteiger partial charge in [-0.05, 0) is 61.4 Å². The number of carbonyl (C=O) groups is 3. The Kier molecular flexibility index (Phi) is 6.47. The van der Waals surface area contributed by atoms with Crippen LogP contribution in [-0.4, -0.2) is 24.3 Å². The molecular weight excluding hydrogens is 438 g/mol. The van der Waals surface area contributed by atoms with Gasteiger partial charge in [-0.15, -0.1) is 0 Å². The lowest BCUT2D eigenvalue weighted by Gasteiger charge is -2.17. The number of anilines is 3. The summed E-state index contributed by atoms with van der Waals surface area (Å²) in [5.41, 5.74) is 4.13. The molecule has 1 saturated heterocycles. The lowest BCUT2D eigenvalue weighted by molar-refractivity contribution is -0.122. The second-order valence-corrected chi connectivity index (χ2v) is 8.57. The van der Waals surface area contributed by atoms with Crippen molar-refractivity contribution in [1.82, 2.24) is 0 Å². The zero-order valence-electron chi connectivity index (χ0n) is 18.4. The van der Waals surface area contributed by atoms with Crippen molar-refractivity contribution in [2.75, 3.05) is 22.1 Å². The summed E-state index contributed by atoms with van der Waals surface area (Å²) >= 11 is 5.93. The minimum atomic E-state index is -0.525. The number of nitrogens with one attached hydrogen (secondary N) is 2. The summed E-state index contributed by atoms with van der Waals surface area (Å²) in [5.74, 6) is -1.26. The maximum atomic E-state index is 13.0. The smallest absolute Gasteiger partial charge is 0.257 e. The van der Waals surface area contributed by atoms with E-state index in [2.05, 4.69) is 10.6 Å². The summed E-state index contributed by atoms with van der Waals surface area (Å²) in [6.45, 7) is 4.13. The highest BCUT2D eigenvalue weighted by Crippen LogP contribution is 2.28. The molecule has 1 aliphatic rings. The van der Waals surface area contributed by atoms with Gasteiger partial charge < -0.3 is 15.5 Å². The number of hydrogen-bond donors (Lipinski definition) is 2. The number of nitrogens with zero attached hydrogens (tertiary/aromatic N) is 1. The molecule has 0 aliphatic carbocycles. The second-order valence-electron chi connectivity index (χ2n) is 8.14. The van der Waals surface area contributed by atoms with E-state index in [9.17, 15) is 14.4 Å². The maximum Gasteiger partial charge on any atom is 0.257 e. The van der Waals surface area contributed by atoms with E-state index in [1.807, 2.05) is 32.0 Å². The Bertz CT molecular complexity index is 1200. The molecule has 0 spiro atoms. The molecular formula is C26H24ClN3O3. The molecule has 1 aliphatic heterocycles. The SMILES string of the molecule is Cc1cccc(C)c1NC(=O)c1ccccc1NC(=O)C1CC(=O)N(c2ccc(Cl)cc2)C1. The van der Waals surface area contributed by atoms with Crippen LogP contribution >= 0.6 is 11.6 Å². The highest BCUT2D eigenvalue weighted by atomic mass is 35.5. The van der Waals surface area contributed by atoms with Gasteiger partial charge in [-0.25, -0.2) is 0 Å². The van der Waals surface area contributed by atoms with Crippen LogP contribution in [0.3, 0.4) is 0 Å². The molecule has 168 valence electrons. The van der Waals surface area contributed by atoms with E-state index in [4.69, 9.17) is 11.6 Å². The van der Waals surface area contributed by atoms with Crippen molar-refractivity contribution in [2.24, 2.45) is 5.92 Å². The van der Waals surface area contributed by atoms with Gasteiger partial charge in [0.2, 0.25) is 11.8 Å². The molecule has 1 atom stereocenters. The zero-order valence-corrected chi connectivity index (χ0v) is 19.1. The number of hydrogen-bond acceptors (Lipinski definition) is 3. The van der Waals surface area contributed by atoms with Gasteiger partial charge in [-0.2, -0.15) is 0 Å². The Hall–Kier alpha value is -3.64. The van der Waals surface area contributed by atoms with Crippen molar-refractivity contribution in [3.05, 3.63) is 88.4 Å². The second kappa shape index (κ2) is 9.46. The Morgan fingerprint density at radius 2 is 1.58 bits per heavy atom. The molecule has 7 heteroatoms. The van der Waals surface area contributed by atoms with E-state index in [1.165, 1.54) is 0 Å². The van der Waals surface area contributed by atoms with Gasteiger partial charge in [0.25, 0.3) is 5.91 Å². The van der Waals surface area contributed by atoms with E-state index >= 15 is 0 Å². The molecule has 2 N–H and O–H groups in total. The first-order chi connectivity index (χ1) is 15.8. The van der Waals surface area contributed by atoms with Crippen molar-refractivity contribution < 1.29 is 14.4 Å². The molecule has 3 aromatic carbocycles. The predicted molar refractivity (Wildman–Crippen MR) is 131 cm³/mol. The first kappa shape index (κ1) is 22.6. The molecule has 0 saturated carbocycles. The summed E-state index contributed by atoms with van der Waals surface area (Å²) < 4.78 is 0. The molecule has 4 rings (SSSR count). The molecule has 3 amide bonds. The zero-order chi connectivity index (χ0) is 23.5. The fourth-order valence-corrected chi connectivity index (χ4v) is 4.10. The van der Waals surface area contributed by atoms with Crippen LogP contribution in [0.1, 0.15) is 27.9 Å². The lowest BCUT2D eigenvalue weighted by atomic mass is 10.1. The van der Waals surface area contributed by atoms with Crippen LogP contribution in [0.15, 0.2) is 66.7 Å². The Morgan fingerprint density at radius 3 is 2.27 bits per heavy atom. The number of aryl methyl sites for hydroxylation is 2. The molecule has 33 heavy (non-hydrogen) atoms. The van der Waals surface area contributed by atoms with Crippen LogP contribution in [-0.2, 0) is 9.59 Å². The van der Waals surface area contributed by atoms with Gasteiger partial charge in [0.15, 0.2) is 0 Å². The molecule has 1 fully saturated rings. The number of benzene rings is 3. The van der Waals surface area contributed by atoms with Gasteiger partial charge in [0.05, 0.1) is 17.2 Å². The van der Waals surface area contributed by atoms with E-state index in [0.29, 0.717) is 22.0 Å². The number of carbonyl (C=O) groups excluding carboxylic acids is 3. The molecule has 1 heterocycles. The van der Waals surface area contributed by atoms with Gasteiger partial charge in [-0.3, -0.25) is 14.4 Å². The lowest BCUT2D eigenvalue weighted by Crippen LogP contribution is -2.28. The van der Waals surface area contributed by atoms with Gasteiger partial charge in [0.1, 0.15) is 0 Å². The Balaban J connectivity index is 1.49. The van der Waals surface area contributed by atoms with Crippen molar-refractivity contribution >= 4 is 46.4 Å². The minimum absolute atomic E-state index is 0.102. The van der Waals surface area contributed by atoms with Crippen LogP contribution in [0, 0.1) is 19.8 Å². The summed E-state index contributed by atoms with van der Waals surface area (Å²) in [4.78, 5) is 40.1. The molecule has 0 aromatic heterocycles. The number of halogens is 1. The molecule has 3 aromatic rings. The van der Waals surface area contributed by atoms with E-state index in [0.717, 1.165) is 16.8 Å². The van der Waals surface area contributed by atoms with Crippen molar-refractivity contribution in [2.45, 2.75) is 20.3 Å². The molecule has 1 unspecified atom stereocenters. The van der Waals surface area contributed by atoms with E-state index < -0.39 is 5.92 Å².